The SMILES string of the molecule is N#Cc1cc(Br)ccc1OCC1(O)CCC(C(=O)O)CC1. The summed E-state index contributed by atoms with van der Waals surface area (Å²) in [4.78, 5) is 10.9. The Kier molecular flexibility index (Phi) is 4.86. The normalized spacial score (nSPS) is 25.1. The van der Waals surface area contributed by atoms with Gasteiger partial charge in [-0.2, -0.15) is 5.26 Å². The lowest BCUT2D eigenvalue weighted by Crippen LogP contribution is -2.41. The van der Waals surface area contributed by atoms with Crippen LogP contribution in [0, 0.1) is 17.2 Å². The highest BCUT2D eigenvalue weighted by Gasteiger charge is 2.36. The Hall–Kier alpha value is -1.58. The third kappa shape index (κ3) is 3.96. The molecule has 0 spiro atoms. The third-order valence-corrected chi connectivity index (χ3v) is 4.32. The molecule has 0 aliphatic heterocycles. The zero-order chi connectivity index (χ0) is 15.5. The van der Waals surface area contributed by atoms with Crippen molar-refractivity contribution in [1.29, 1.82) is 5.26 Å². The molecule has 0 atom stereocenters. The van der Waals surface area contributed by atoms with Crippen LogP contribution in [0.15, 0.2) is 22.7 Å². The fraction of sp³-hybridized carbons (Fsp3) is 0.467. The van der Waals surface area contributed by atoms with Crippen molar-refractivity contribution in [3.63, 3.8) is 0 Å². The first-order valence-corrected chi connectivity index (χ1v) is 7.50. The van der Waals surface area contributed by atoms with E-state index < -0.39 is 11.6 Å². The van der Waals surface area contributed by atoms with Gasteiger partial charge in [-0.25, -0.2) is 0 Å². The van der Waals surface area contributed by atoms with Crippen LogP contribution in [0.2, 0.25) is 0 Å². The van der Waals surface area contributed by atoms with Gasteiger partial charge in [0.1, 0.15) is 18.4 Å². The number of rotatable bonds is 4. The lowest BCUT2D eigenvalue weighted by Gasteiger charge is -2.34. The van der Waals surface area contributed by atoms with Gasteiger partial charge in [0.05, 0.1) is 17.1 Å². The van der Waals surface area contributed by atoms with Gasteiger partial charge in [-0.05, 0) is 43.9 Å². The summed E-state index contributed by atoms with van der Waals surface area (Å²) in [6.07, 6.45) is 1.67. The second-order valence-electron chi connectivity index (χ2n) is 5.38. The Balaban J connectivity index is 1.97. The second-order valence-corrected chi connectivity index (χ2v) is 6.29. The van der Waals surface area contributed by atoms with E-state index in [4.69, 9.17) is 15.1 Å². The molecular weight excluding hydrogens is 338 g/mol. The van der Waals surface area contributed by atoms with Crippen molar-refractivity contribution in [1.82, 2.24) is 0 Å². The van der Waals surface area contributed by atoms with Crippen molar-refractivity contribution in [3.8, 4) is 11.8 Å². The highest BCUT2D eigenvalue weighted by Crippen LogP contribution is 2.33. The van der Waals surface area contributed by atoms with Crippen LogP contribution in [0.1, 0.15) is 31.2 Å². The molecule has 0 unspecified atom stereocenters. The van der Waals surface area contributed by atoms with Crippen molar-refractivity contribution in [2.75, 3.05) is 6.61 Å². The molecule has 0 saturated heterocycles. The summed E-state index contributed by atoms with van der Waals surface area (Å²) in [6.45, 7) is 0.0651. The largest absolute Gasteiger partial charge is 0.489 e. The van der Waals surface area contributed by atoms with Gasteiger partial charge in [-0.1, -0.05) is 15.9 Å². The van der Waals surface area contributed by atoms with Gasteiger partial charge < -0.3 is 14.9 Å². The summed E-state index contributed by atoms with van der Waals surface area (Å²) >= 11 is 3.28. The summed E-state index contributed by atoms with van der Waals surface area (Å²) in [5.41, 5.74) is -0.627. The van der Waals surface area contributed by atoms with Gasteiger partial charge in [-0.15, -0.1) is 0 Å². The van der Waals surface area contributed by atoms with E-state index in [1.54, 1.807) is 18.2 Å². The number of nitrogens with zero attached hydrogens (tertiary/aromatic N) is 1. The average Bonchev–Trinajstić information content (AvgIpc) is 2.46. The molecule has 2 rings (SSSR count). The lowest BCUT2D eigenvalue weighted by molar-refractivity contribution is -0.145. The molecule has 6 heteroatoms. The Morgan fingerprint density at radius 1 is 1.48 bits per heavy atom. The number of carboxylic acid groups (broad SMARTS) is 1. The number of hydrogen-bond acceptors (Lipinski definition) is 4. The molecule has 112 valence electrons. The van der Waals surface area contributed by atoms with E-state index in [0.717, 1.165) is 4.47 Å². The Morgan fingerprint density at radius 3 is 2.71 bits per heavy atom. The molecule has 1 aromatic carbocycles. The van der Waals surface area contributed by atoms with Crippen LogP contribution in [0.25, 0.3) is 0 Å². The van der Waals surface area contributed by atoms with Crippen molar-refractivity contribution < 1.29 is 19.7 Å². The molecule has 1 aliphatic carbocycles. The first-order chi connectivity index (χ1) is 9.93. The smallest absolute Gasteiger partial charge is 0.306 e. The standard InChI is InChI=1S/C15H16BrNO4/c16-12-1-2-13(11(7-12)8-17)21-9-15(20)5-3-10(4-6-15)14(18)19/h1-2,7,10,20H,3-6,9H2,(H,18,19). The average molecular weight is 354 g/mol. The van der Waals surface area contributed by atoms with E-state index in [9.17, 15) is 9.90 Å². The fourth-order valence-electron chi connectivity index (χ4n) is 2.47. The first kappa shape index (κ1) is 15.8. The summed E-state index contributed by atoms with van der Waals surface area (Å²) in [6, 6.07) is 7.14. The van der Waals surface area contributed by atoms with Crippen LogP contribution in [-0.4, -0.2) is 28.4 Å². The topological polar surface area (TPSA) is 90.5 Å². The summed E-state index contributed by atoms with van der Waals surface area (Å²) in [5, 5.41) is 28.5. The molecule has 5 nitrogen and oxygen atoms in total. The van der Waals surface area contributed by atoms with Crippen molar-refractivity contribution >= 4 is 21.9 Å². The third-order valence-electron chi connectivity index (χ3n) is 3.82. The van der Waals surface area contributed by atoms with Crippen LogP contribution in [0.5, 0.6) is 5.75 Å². The van der Waals surface area contributed by atoms with Crippen LogP contribution < -0.4 is 4.74 Å². The maximum Gasteiger partial charge on any atom is 0.306 e. The van der Waals surface area contributed by atoms with Crippen molar-refractivity contribution in [2.45, 2.75) is 31.3 Å². The van der Waals surface area contributed by atoms with Crippen LogP contribution in [-0.2, 0) is 4.79 Å². The minimum absolute atomic E-state index is 0.0651. The molecule has 1 aromatic rings. The van der Waals surface area contributed by atoms with Gasteiger partial charge in [0, 0.05) is 4.47 Å². The number of nitriles is 1. The van der Waals surface area contributed by atoms with E-state index in [-0.39, 0.29) is 12.5 Å². The zero-order valence-electron chi connectivity index (χ0n) is 11.4. The van der Waals surface area contributed by atoms with Gasteiger partial charge in [0.25, 0.3) is 0 Å². The maximum atomic E-state index is 10.9. The van der Waals surface area contributed by atoms with Gasteiger partial charge in [0.2, 0.25) is 0 Å². The minimum Gasteiger partial charge on any atom is -0.489 e. The predicted octanol–water partition coefficient (Wildman–Crippen LogP) is 2.71. The van der Waals surface area contributed by atoms with Gasteiger partial charge in [-0.3, -0.25) is 4.79 Å². The highest BCUT2D eigenvalue weighted by molar-refractivity contribution is 9.10. The number of aliphatic hydroxyl groups is 1. The Morgan fingerprint density at radius 2 is 2.14 bits per heavy atom. The van der Waals surface area contributed by atoms with E-state index >= 15 is 0 Å². The van der Waals surface area contributed by atoms with E-state index in [2.05, 4.69) is 15.9 Å². The number of ether oxygens (including phenoxy) is 1. The van der Waals surface area contributed by atoms with Gasteiger partial charge >= 0.3 is 5.97 Å². The molecule has 0 heterocycles. The molecule has 2 N–H and O–H groups in total. The zero-order valence-corrected chi connectivity index (χ0v) is 13.0. The lowest BCUT2D eigenvalue weighted by atomic mass is 9.79. The fourth-order valence-corrected chi connectivity index (χ4v) is 2.84. The number of carboxylic acids is 1. The summed E-state index contributed by atoms with van der Waals surface area (Å²) in [5.74, 6) is -0.764. The number of aliphatic carboxylic acids is 1. The van der Waals surface area contributed by atoms with Gasteiger partial charge in [0.15, 0.2) is 0 Å². The van der Waals surface area contributed by atoms with E-state index in [0.29, 0.717) is 37.0 Å². The number of benzene rings is 1. The molecule has 0 amide bonds. The van der Waals surface area contributed by atoms with E-state index in [1.165, 1.54) is 0 Å². The number of carbonyl (C=O) groups is 1. The van der Waals surface area contributed by atoms with Crippen LogP contribution in [0.3, 0.4) is 0 Å². The van der Waals surface area contributed by atoms with Crippen molar-refractivity contribution in [2.24, 2.45) is 5.92 Å². The molecule has 21 heavy (non-hydrogen) atoms. The van der Waals surface area contributed by atoms with Crippen molar-refractivity contribution in [3.05, 3.63) is 28.2 Å². The molecule has 1 fully saturated rings. The molecule has 0 aromatic heterocycles. The second kappa shape index (κ2) is 6.46. The molecule has 0 bridgehead atoms. The summed E-state index contributed by atoms with van der Waals surface area (Å²) in [7, 11) is 0. The molecule has 0 radical (unpaired) electrons. The first-order valence-electron chi connectivity index (χ1n) is 6.71. The monoisotopic (exact) mass is 353 g/mol. The molecule has 1 aliphatic rings. The Labute approximate surface area is 131 Å². The van der Waals surface area contributed by atoms with E-state index in [1.807, 2.05) is 6.07 Å². The minimum atomic E-state index is -1.02. The number of hydrogen-bond donors (Lipinski definition) is 2. The Bertz CT molecular complexity index is 574. The van der Waals surface area contributed by atoms with Crippen LogP contribution in [0.4, 0.5) is 0 Å². The molecule has 1 saturated carbocycles. The quantitative estimate of drug-likeness (QED) is 0.868. The maximum absolute atomic E-state index is 10.9. The summed E-state index contributed by atoms with van der Waals surface area (Å²) < 4.78 is 6.36. The molecular formula is C15H16BrNO4. The predicted molar refractivity (Wildman–Crippen MR) is 78.9 cm³/mol. The van der Waals surface area contributed by atoms with Crippen LogP contribution >= 0.6 is 15.9 Å². The number of halogens is 1. The highest BCUT2D eigenvalue weighted by atomic mass is 79.9.